The number of ketones is 1. The van der Waals surface area contributed by atoms with Crippen LogP contribution in [0.2, 0.25) is 5.02 Å². The maximum absolute atomic E-state index is 13.4. The van der Waals surface area contributed by atoms with Crippen LogP contribution in [0.3, 0.4) is 0 Å². The van der Waals surface area contributed by atoms with Crippen LogP contribution >= 0.6 is 11.6 Å². The highest BCUT2D eigenvalue weighted by molar-refractivity contribution is 6.30. The van der Waals surface area contributed by atoms with Gasteiger partial charge < -0.3 is 18.9 Å². The van der Waals surface area contributed by atoms with E-state index in [1.807, 2.05) is 0 Å². The minimum Gasteiger partial charge on any atom is -0.461 e. The van der Waals surface area contributed by atoms with E-state index in [0.29, 0.717) is 46.3 Å². The number of aromatic nitrogens is 1. The second kappa shape index (κ2) is 10.3. The molecule has 32 heavy (non-hydrogen) atoms. The molecule has 7 nitrogen and oxygen atoms in total. The SMILES string of the molecule is CCOC(=O)c1c(C)c(C(=O)CN(CC2CCCO2)C(=O)c2ccc(Cl)cc2)c(C)n1C. The van der Waals surface area contributed by atoms with Gasteiger partial charge in [-0.25, -0.2) is 4.79 Å². The Morgan fingerprint density at radius 3 is 2.50 bits per heavy atom. The number of esters is 1. The van der Waals surface area contributed by atoms with E-state index < -0.39 is 5.97 Å². The van der Waals surface area contributed by atoms with Crippen LogP contribution in [0.15, 0.2) is 24.3 Å². The van der Waals surface area contributed by atoms with Crippen LogP contribution in [0.4, 0.5) is 0 Å². The zero-order chi connectivity index (χ0) is 23.4. The molecule has 0 bridgehead atoms. The van der Waals surface area contributed by atoms with Crippen LogP contribution in [0.1, 0.15) is 62.2 Å². The van der Waals surface area contributed by atoms with Crippen molar-refractivity contribution in [1.82, 2.24) is 9.47 Å². The summed E-state index contributed by atoms with van der Waals surface area (Å²) in [5.74, 6) is -0.961. The molecule has 2 heterocycles. The van der Waals surface area contributed by atoms with E-state index in [1.165, 1.54) is 4.90 Å². The molecule has 3 rings (SSSR count). The summed E-state index contributed by atoms with van der Waals surface area (Å²) in [6.45, 7) is 6.36. The van der Waals surface area contributed by atoms with E-state index in [4.69, 9.17) is 21.1 Å². The quantitative estimate of drug-likeness (QED) is 0.440. The summed E-state index contributed by atoms with van der Waals surface area (Å²) < 4.78 is 12.5. The lowest BCUT2D eigenvalue weighted by Crippen LogP contribution is -2.41. The van der Waals surface area contributed by atoms with E-state index in [1.54, 1.807) is 56.7 Å². The monoisotopic (exact) mass is 460 g/mol. The van der Waals surface area contributed by atoms with Gasteiger partial charge in [-0.3, -0.25) is 9.59 Å². The summed E-state index contributed by atoms with van der Waals surface area (Å²) >= 11 is 5.96. The van der Waals surface area contributed by atoms with E-state index in [0.717, 1.165) is 12.8 Å². The number of hydrogen-bond donors (Lipinski definition) is 0. The van der Waals surface area contributed by atoms with Crippen molar-refractivity contribution in [2.24, 2.45) is 7.05 Å². The van der Waals surface area contributed by atoms with Gasteiger partial charge >= 0.3 is 5.97 Å². The molecule has 1 amide bonds. The van der Waals surface area contributed by atoms with Gasteiger partial charge in [-0.1, -0.05) is 11.6 Å². The van der Waals surface area contributed by atoms with Gasteiger partial charge in [0, 0.05) is 42.0 Å². The molecule has 0 spiro atoms. The number of rotatable bonds is 8. The highest BCUT2D eigenvalue weighted by Gasteiger charge is 2.30. The normalized spacial score (nSPS) is 15.6. The van der Waals surface area contributed by atoms with Crippen molar-refractivity contribution in [2.45, 2.75) is 39.7 Å². The number of carbonyl (C=O) groups excluding carboxylic acids is 3. The van der Waals surface area contributed by atoms with Gasteiger partial charge in [-0.2, -0.15) is 0 Å². The molecule has 1 aliphatic heterocycles. The van der Waals surface area contributed by atoms with Crippen molar-refractivity contribution in [3.8, 4) is 0 Å². The van der Waals surface area contributed by atoms with Gasteiger partial charge in [0.05, 0.1) is 19.3 Å². The zero-order valence-electron chi connectivity index (χ0n) is 18.9. The molecule has 0 N–H and O–H groups in total. The van der Waals surface area contributed by atoms with E-state index in [9.17, 15) is 14.4 Å². The Kier molecular flexibility index (Phi) is 7.74. The number of carbonyl (C=O) groups is 3. The lowest BCUT2D eigenvalue weighted by molar-refractivity contribution is 0.0505. The Morgan fingerprint density at radius 1 is 1.22 bits per heavy atom. The van der Waals surface area contributed by atoms with Gasteiger partial charge in [0.1, 0.15) is 5.69 Å². The topological polar surface area (TPSA) is 77.8 Å². The summed E-state index contributed by atoms with van der Waals surface area (Å²) in [6.07, 6.45) is 1.67. The molecule has 8 heteroatoms. The van der Waals surface area contributed by atoms with Crippen LogP contribution in [0.25, 0.3) is 0 Å². The van der Waals surface area contributed by atoms with Gasteiger partial charge in [0.15, 0.2) is 5.78 Å². The lowest BCUT2D eigenvalue weighted by Gasteiger charge is -2.25. The predicted molar refractivity (Wildman–Crippen MR) is 122 cm³/mol. The molecule has 1 aliphatic rings. The number of hydrogen-bond acceptors (Lipinski definition) is 5. The standard InChI is InChI=1S/C24H29ClN2O5/c1-5-31-24(30)22-15(2)21(16(3)26(22)4)20(28)14-27(13-19-7-6-12-32-19)23(29)17-8-10-18(25)11-9-17/h8-11,19H,5-7,12-14H2,1-4H3. The number of Topliss-reactive ketones (excluding diaryl/α,β-unsaturated/α-hetero) is 1. The summed E-state index contributed by atoms with van der Waals surface area (Å²) in [6, 6.07) is 6.60. The maximum Gasteiger partial charge on any atom is 0.355 e. The number of ether oxygens (including phenoxy) is 2. The number of benzene rings is 1. The van der Waals surface area contributed by atoms with Gasteiger partial charge in [-0.15, -0.1) is 0 Å². The van der Waals surface area contributed by atoms with Crippen molar-refractivity contribution in [3.05, 3.63) is 57.4 Å². The molecule has 0 aliphatic carbocycles. The van der Waals surface area contributed by atoms with Crippen molar-refractivity contribution >= 4 is 29.3 Å². The molecule has 1 unspecified atom stereocenters. The lowest BCUT2D eigenvalue weighted by atomic mass is 10.0. The van der Waals surface area contributed by atoms with Gasteiger partial charge in [0.2, 0.25) is 0 Å². The molecule has 1 saturated heterocycles. The Morgan fingerprint density at radius 2 is 1.91 bits per heavy atom. The van der Waals surface area contributed by atoms with Crippen LogP contribution in [0.5, 0.6) is 0 Å². The molecular formula is C24H29ClN2O5. The third-order valence-electron chi connectivity index (χ3n) is 5.84. The second-order valence-electron chi connectivity index (χ2n) is 7.96. The number of amides is 1. The molecule has 1 fully saturated rings. The Bertz CT molecular complexity index is 1010. The summed E-state index contributed by atoms with van der Waals surface area (Å²) in [7, 11) is 1.73. The third kappa shape index (κ3) is 5.05. The average Bonchev–Trinajstić information content (AvgIpc) is 3.34. The van der Waals surface area contributed by atoms with E-state index in [2.05, 4.69) is 0 Å². The Hall–Kier alpha value is -2.64. The number of nitrogens with zero attached hydrogens (tertiary/aromatic N) is 2. The van der Waals surface area contributed by atoms with Crippen LogP contribution in [0, 0.1) is 13.8 Å². The van der Waals surface area contributed by atoms with Crippen LogP contribution < -0.4 is 0 Å². The number of halogens is 1. The van der Waals surface area contributed by atoms with E-state index in [-0.39, 0.29) is 30.9 Å². The predicted octanol–water partition coefficient (Wildman–Crippen LogP) is 3.98. The molecule has 1 aromatic carbocycles. The minimum absolute atomic E-state index is 0.105. The average molecular weight is 461 g/mol. The Labute approximate surface area is 193 Å². The fraction of sp³-hybridized carbons (Fsp3) is 0.458. The van der Waals surface area contributed by atoms with E-state index >= 15 is 0 Å². The fourth-order valence-electron chi connectivity index (χ4n) is 4.16. The fourth-order valence-corrected chi connectivity index (χ4v) is 4.28. The molecule has 1 aromatic heterocycles. The van der Waals surface area contributed by atoms with Gasteiger partial charge in [0.25, 0.3) is 5.91 Å². The first-order valence-corrected chi connectivity index (χ1v) is 11.1. The highest BCUT2D eigenvalue weighted by Crippen LogP contribution is 2.24. The Balaban J connectivity index is 1.89. The van der Waals surface area contributed by atoms with Crippen molar-refractivity contribution < 1.29 is 23.9 Å². The van der Waals surface area contributed by atoms with Crippen molar-refractivity contribution in [1.29, 1.82) is 0 Å². The summed E-state index contributed by atoms with van der Waals surface area (Å²) in [5.41, 5.74) is 2.46. The third-order valence-corrected chi connectivity index (χ3v) is 6.09. The zero-order valence-corrected chi connectivity index (χ0v) is 19.7. The molecule has 1 atom stereocenters. The minimum atomic E-state index is -0.469. The molecule has 0 saturated carbocycles. The maximum atomic E-state index is 13.4. The summed E-state index contributed by atoms with van der Waals surface area (Å²) in [5, 5.41) is 0.533. The largest absolute Gasteiger partial charge is 0.461 e. The second-order valence-corrected chi connectivity index (χ2v) is 8.40. The summed E-state index contributed by atoms with van der Waals surface area (Å²) in [4.78, 5) is 40.6. The van der Waals surface area contributed by atoms with Gasteiger partial charge in [-0.05, 0) is 63.4 Å². The first kappa shape index (κ1) is 24.0. The first-order chi connectivity index (χ1) is 15.2. The molecular weight excluding hydrogens is 432 g/mol. The van der Waals surface area contributed by atoms with Crippen molar-refractivity contribution in [3.63, 3.8) is 0 Å². The first-order valence-electron chi connectivity index (χ1n) is 10.8. The molecule has 172 valence electrons. The smallest absolute Gasteiger partial charge is 0.355 e. The van der Waals surface area contributed by atoms with Crippen molar-refractivity contribution in [2.75, 3.05) is 26.3 Å². The van der Waals surface area contributed by atoms with Crippen LogP contribution in [-0.2, 0) is 16.5 Å². The van der Waals surface area contributed by atoms with Crippen LogP contribution in [-0.4, -0.2) is 59.5 Å². The molecule has 2 aromatic rings. The molecule has 0 radical (unpaired) electrons. The highest BCUT2D eigenvalue weighted by atomic mass is 35.5.